The molecule has 0 atom stereocenters. The molecule has 5 heterocycles. The van der Waals surface area contributed by atoms with Gasteiger partial charge in [0.15, 0.2) is 10.9 Å². The molecular weight excluding hydrogens is 488 g/mol. The van der Waals surface area contributed by atoms with Crippen molar-refractivity contribution in [3.63, 3.8) is 0 Å². The van der Waals surface area contributed by atoms with Crippen LogP contribution >= 0.6 is 22.7 Å². The molecule has 1 aliphatic rings. The van der Waals surface area contributed by atoms with Gasteiger partial charge in [0.25, 0.3) is 5.19 Å². The molecule has 182 valence electrons. The Morgan fingerprint density at radius 1 is 1.06 bits per heavy atom. The van der Waals surface area contributed by atoms with Crippen molar-refractivity contribution in [3.05, 3.63) is 35.5 Å². The van der Waals surface area contributed by atoms with E-state index in [1.165, 1.54) is 11.3 Å². The van der Waals surface area contributed by atoms with Crippen LogP contribution in [-0.2, 0) is 6.61 Å². The zero-order valence-corrected chi connectivity index (χ0v) is 21.2. The number of imidazole rings is 1. The van der Waals surface area contributed by atoms with Crippen molar-refractivity contribution in [2.75, 3.05) is 52.3 Å². The minimum atomic E-state index is 0.358. The number of benzene rings is 1. The van der Waals surface area contributed by atoms with E-state index in [-0.39, 0.29) is 0 Å². The Morgan fingerprint density at radius 2 is 1.91 bits per heavy atom. The zero-order chi connectivity index (χ0) is 23.9. The Hall–Kier alpha value is -3.35. The molecule has 0 saturated carbocycles. The van der Waals surface area contributed by atoms with Gasteiger partial charge in [-0.2, -0.15) is 0 Å². The number of ether oxygens (including phenoxy) is 3. The third-order valence-corrected chi connectivity index (χ3v) is 7.78. The lowest BCUT2D eigenvalue weighted by atomic mass is 10.2. The summed E-state index contributed by atoms with van der Waals surface area (Å²) in [7, 11) is 5.37. The van der Waals surface area contributed by atoms with E-state index >= 15 is 0 Å². The van der Waals surface area contributed by atoms with Crippen LogP contribution in [0.15, 0.2) is 34.2 Å². The number of hydrogen-bond donors (Lipinski definition) is 0. The van der Waals surface area contributed by atoms with Gasteiger partial charge in [0.1, 0.15) is 29.4 Å². The average molecular weight is 513 g/mol. The quantitative estimate of drug-likeness (QED) is 0.321. The van der Waals surface area contributed by atoms with Crippen LogP contribution in [0.5, 0.6) is 16.7 Å². The Bertz CT molecular complexity index is 1450. The van der Waals surface area contributed by atoms with E-state index in [2.05, 4.69) is 32.3 Å². The van der Waals surface area contributed by atoms with E-state index < -0.39 is 0 Å². The summed E-state index contributed by atoms with van der Waals surface area (Å²) in [6.07, 6.45) is 1.82. The van der Waals surface area contributed by atoms with Crippen molar-refractivity contribution in [1.82, 2.24) is 24.5 Å². The summed E-state index contributed by atoms with van der Waals surface area (Å²) in [5.41, 5.74) is 2.24. The maximum absolute atomic E-state index is 6.21. The van der Waals surface area contributed by atoms with Gasteiger partial charge in [0, 0.05) is 43.7 Å². The smallest absolute Gasteiger partial charge is 0.294 e. The highest BCUT2D eigenvalue weighted by Gasteiger charge is 2.19. The van der Waals surface area contributed by atoms with Crippen molar-refractivity contribution in [2.45, 2.75) is 6.61 Å². The largest absolute Gasteiger partial charge is 0.496 e. The van der Waals surface area contributed by atoms with Gasteiger partial charge in [-0.1, -0.05) is 0 Å². The molecule has 4 aromatic heterocycles. The molecular formula is C23H24N6O4S2. The number of methoxy groups -OCH3 is 2. The van der Waals surface area contributed by atoms with Gasteiger partial charge in [-0.05, 0) is 24.5 Å². The number of furan rings is 1. The highest BCUT2D eigenvalue weighted by molar-refractivity contribution is 7.18. The normalized spacial score (nSPS) is 14.8. The minimum Gasteiger partial charge on any atom is -0.496 e. The van der Waals surface area contributed by atoms with Crippen LogP contribution in [0, 0.1) is 0 Å². The fourth-order valence-electron chi connectivity index (χ4n) is 3.99. The first-order valence-electron chi connectivity index (χ1n) is 11.1. The number of fused-ring (bicyclic) bond motifs is 2. The first-order valence-corrected chi connectivity index (χ1v) is 12.8. The molecule has 6 rings (SSSR count). The average Bonchev–Trinajstić information content (AvgIpc) is 3.65. The molecule has 0 bridgehead atoms. The fourth-order valence-corrected chi connectivity index (χ4v) is 5.55. The maximum Gasteiger partial charge on any atom is 0.294 e. The number of piperazine rings is 1. The van der Waals surface area contributed by atoms with E-state index in [1.54, 1.807) is 30.1 Å². The first-order chi connectivity index (χ1) is 17.1. The SMILES string of the molecule is COc1cc(OCc2csc(N3CCN(C)CC3)n2)c2cc(-c3cn4nc(OC)sc4n3)oc2c1. The van der Waals surface area contributed by atoms with Gasteiger partial charge in [-0.25, -0.2) is 14.5 Å². The highest BCUT2D eigenvalue weighted by atomic mass is 32.1. The number of anilines is 1. The molecule has 35 heavy (non-hydrogen) atoms. The van der Waals surface area contributed by atoms with Crippen LogP contribution in [0.2, 0.25) is 0 Å². The van der Waals surface area contributed by atoms with Gasteiger partial charge in [-0.3, -0.25) is 0 Å². The molecule has 1 aromatic carbocycles. The minimum absolute atomic E-state index is 0.358. The third kappa shape index (κ3) is 4.28. The number of nitrogens with zero attached hydrogens (tertiary/aromatic N) is 6. The van der Waals surface area contributed by atoms with Gasteiger partial charge in [-0.15, -0.1) is 16.4 Å². The molecule has 12 heteroatoms. The van der Waals surface area contributed by atoms with Gasteiger partial charge in [0.2, 0.25) is 4.96 Å². The zero-order valence-electron chi connectivity index (χ0n) is 19.6. The van der Waals surface area contributed by atoms with Crippen molar-refractivity contribution >= 4 is 43.7 Å². The molecule has 10 nitrogen and oxygen atoms in total. The number of likely N-dealkylation sites (N-methyl/N-ethyl adjacent to an activating group) is 1. The Kier molecular flexibility index (Phi) is 5.71. The fraction of sp³-hybridized carbons (Fsp3) is 0.348. The molecule has 0 unspecified atom stereocenters. The molecule has 0 radical (unpaired) electrons. The van der Waals surface area contributed by atoms with Crippen LogP contribution in [-0.4, -0.2) is 71.9 Å². The summed E-state index contributed by atoms with van der Waals surface area (Å²) in [5, 5.41) is 8.84. The van der Waals surface area contributed by atoms with Crippen molar-refractivity contribution in [1.29, 1.82) is 0 Å². The second kappa shape index (κ2) is 9.02. The Morgan fingerprint density at radius 3 is 2.69 bits per heavy atom. The van der Waals surface area contributed by atoms with Crippen LogP contribution in [0.4, 0.5) is 5.13 Å². The third-order valence-electron chi connectivity index (χ3n) is 5.95. The van der Waals surface area contributed by atoms with Crippen molar-refractivity contribution in [2.24, 2.45) is 0 Å². The van der Waals surface area contributed by atoms with Crippen molar-refractivity contribution < 1.29 is 18.6 Å². The summed E-state index contributed by atoms with van der Waals surface area (Å²) in [6.45, 7) is 4.44. The van der Waals surface area contributed by atoms with E-state index in [1.807, 2.05) is 24.4 Å². The topological polar surface area (TPSA) is 90.4 Å². The lowest BCUT2D eigenvalue weighted by Gasteiger charge is -2.32. The summed E-state index contributed by atoms with van der Waals surface area (Å²) < 4.78 is 24.7. The molecule has 1 aliphatic heterocycles. The van der Waals surface area contributed by atoms with Crippen LogP contribution in [0.1, 0.15) is 5.69 Å². The summed E-state index contributed by atoms with van der Waals surface area (Å²) in [4.78, 5) is 14.8. The highest BCUT2D eigenvalue weighted by Crippen LogP contribution is 2.37. The Labute approximate surface area is 209 Å². The van der Waals surface area contributed by atoms with Gasteiger partial charge >= 0.3 is 0 Å². The van der Waals surface area contributed by atoms with E-state index in [9.17, 15) is 0 Å². The van der Waals surface area contributed by atoms with E-state index in [0.717, 1.165) is 47.4 Å². The molecule has 1 saturated heterocycles. The summed E-state index contributed by atoms with van der Waals surface area (Å²) in [6, 6.07) is 5.65. The van der Waals surface area contributed by atoms with Gasteiger partial charge < -0.3 is 28.4 Å². The van der Waals surface area contributed by atoms with Crippen LogP contribution in [0.3, 0.4) is 0 Å². The molecule has 0 aliphatic carbocycles. The monoisotopic (exact) mass is 512 g/mol. The predicted octanol–water partition coefficient (Wildman–Crippen LogP) is 4.01. The number of thiazole rings is 1. The number of hydrogen-bond acceptors (Lipinski definition) is 11. The second-order valence-corrected chi connectivity index (χ2v) is 10.0. The number of rotatable bonds is 7. The number of aromatic nitrogens is 4. The Balaban J connectivity index is 1.25. The maximum atomic E-state index is 6.21. The summed E-state index contributed by atoms with van der Waals surface area (Å²) >= 11 is 3.03. The molecule has 1 fully saturated rings. The second-order valence-electron chi connectivity index (χ2n) is 8.27. The predicted molar refractivity (Wildman–Crippen MR) is 135 cm³/mol. The molecule has 0 N–H and O–H groups in total. The standard InChI is InChI=1S/C23H24N6O4S2/c1-27-4-6-28(7-5-27)21-24-14(13-34-21)12-32-18-8-15(30-2)9-19-16(18)10-20(33-19)17-11-29-22(25-17)35-23(26-29)31-3/h8-11,13H,4-7,12H2,1-3H3. The molecule has 0 spiro atoms. The summed E-state index contributed by atoms with van der Waals surface area (Å²) in [5.74, 6) is 1.95. The van der Waals surface area contributed by atoms with E-state index in [0.29, 0.717) is 40.3 Å². The lowest BCUT2D eigenvalue weighted by Crippen LogP contribution is -2.44. The molecule has 5 aromatic rings. The van der Waals surface area contributed by atoms with Crippen molar-refractivity contribution in [3.8, 4) is 28.1 Å². The first kappa shape index (κ1) is 22.1. The van der Waals surface area contributed by atoms with Gasteiger partial charge in [0.05, 0.1) is 31.5 Å². The van der Waals surface area contributed by atoms with E-state index in [4.69, 9.17) is 23.6 Å². The molecule has 0 amide bonds. The lowest BCUT2D eigenvalue weighted by molar-refractivity contribution is 0.302. The van der Waals surface area contributed by atoms with Crippen LogP contribution < -0.4 is 19.1 Å². The van der Waals surface area contributed by atoms with Crippen LogP contribution in [0.25, 0.3) is 27.4 Å².